The van der Waals surface area contributed by atoms with Crippen molar-refractivity contribution in [3.8, 4) is 0 Å². The van der Waals surface area contributed by atoms with Crippen molar-refractivity contribution in [2.75, 3.05) is 26.0 Å². The first-order valence-corrected chi connectivity index (χ1v) is 11.5. The Morgan fingerprint density at radius 1 is 1.14 bits per heavy atom. The van der Waals surface area contributed by atoms with Crippen LogP contribution < -0.4 is 5.73 Å². The van der Waals surface area contributed by atoms with Crippen LogP contribution in [0.1, 0.15) is 55.9 Å². The van der Waals surface area contributed by atoms with Gasteiger partial charge < -0.3 is 20.2 Å². The van der Waals surface area contributed by atoms with Crippen LogP contribution in [0.15, 0.2) is 36.4 Å². The highest BCUT2D eigenvalue weighted by Crippen LogP contribution is 2.31. The second-order valence-electron chi connectivity index (χ2n) is 7.34. The molecule has 1 aliphatic heterocycles. The third kappa shape index (κ3) is 11.8. The number of halogens is 4. The van der Waals surface area contributed by atoms with Crippen LogP contribution in [0.3, 0.4) is 0 Å². The molecular weight excluding hydrogens is 464 g/mol. The maximum atomic E-state index is 12.8. The van der Waals surface area contributed by atoms with Crippen LogP contribution in [0.5, 0.6) is 0 Å². The van der Waals surface area contributed by atoms with Crippen LogP contribution >= 0.6 is 0 Å². The lowest BCUT2D eigenvalue weighted by Crippen LogP contribution is -2.29. The molecule has 0 saturated heterocycles. The maximum absolute atomic E-state index is 12.8. The molecule has 2 N–H and O–H groups in total. The molecule has 0 fully saturated rings. The Morgan fingerprint density at radius 2 is 1.83 bits per heavy atom. The molecule has 2 aromatic carbocycles. The summed E-state index contributed by atoms with van der Waals surface area (Å²) in [6, 6.07) is 8.31. The van der Waals surface area contributed by atoms with Crippen LogP contribution in [-0.2, 0) is 39.9 Å². The largest absolute Gasteiger partial charge is 0.419 e. The summed E-state index contributed by atoms with van der Waals surface area (Å²) in [5, 5.41) is 0. The number of unbranched alkanes of at least 4 members (excludes halogenated alkanes) is 1. The lowest BCUT2D eigenvalue weighted by atomic mass is 9.98. The van der Waals surface area contributed by atoms with Gasteiger partial charge in [0.1, 0.15) is 12.1 Å². The molecule has 196 valence electrons. The van der Waals surface area contributed by atoms with Gasteiger partial charge in [0.2, 0.25) is 6.41 Å². The lowest BCUT2D eigenvalue weighted by molar-refractivity contribution is -0.140. The molecule has 0 aliphatic carbocycles. The number of fused-ring (bicyclic) bond motifs is 1. The fourth-order valence-electron chi connectivity index (χ4n) is 3.05. The molecule has 9 heteroatoms. The zero-order valence-electron chi connectivity index (χ0n) is 20.8. The van der Waals surface area contributed by atoms with Crippen molar-refractivity contribution in [2.45, 2.75) is 59.2 Å². The maximum Gasteiger partial charge on any atom is 0.419 e. The summed E-state index contributed by atoms with van der Waals surface area (Å²) in [4.78, 5) is 22.3. The molecule has 0 radical (unpaired) electrons. The van der Waals surface area contributed by atoms with Gasteiger partial charge >= 0.3 is 6.18 Å². The molecule has 0 unspecified atom stereocenters. The van der Waals surface area contributed by atoms with Gasteiger partial charge in [0, 0.05) is 38.9 Å². The second kappa shape index (κ2) is 17.5. The molecule has 0 bridgehead atoms. The predicted octanol–water partition coefficient (Wildman–Crippen LogP) is 5.83. The summed E-state index contributed by atoms with van der Waals surface area (Å²) < 4.78 is 53.8. The SMILES string of the molecule is CC.CCCCOC.Nc1cccc2c1CCN(C=O)C2.O=CCc1ccc(C(F)(F)F)c(F)c1. The number of nitrogen functional groups attached to an aromatic ring is 1. The van der Waals surface area contributed by atoms with E-state index in [1.807, 2.05) is 32.0 Å². The van der Waals surface area contributed by atoms with E-state index >= 15 is 0 Å². The van der Waals surface area contributed by atoms with Gasteiger partial charge in [0.05, 0.1) is 5.56 Å². The number of alkyl halides is 3. The van der Waals surface area contributed by atoms with Crippen molar-refractivity contribution < 1.29 is 31.9 Å². The number of ether oxygens (including phenoxy) is 1. The fraction of sp³-hybridized carbons (Fsp3) is 0.462. The summed E-state index contributed by atoms with van der Waals surface area (Å²) in [7, 11) is 1.73. The van der Waals surface area contributed by atoms with Crippen molar-refractivity contribution in [1.82, 2.24) is 4.90 Å². The summed E-state index contributed by atoms with van der Waals surface area (Å²) in [5.74, 6) is -1.35. The summed E-state index contributed by atoms with van der Waals surface area (Å²) in [6.45, 7) is 8.55. The molecule has 1 heterocycles. The first-order valence-electron chi connectivity index (χ1n) is 11.5. The quantitative estimate of drug-likeness (QED) is 0.235. The topological polar surface area (TPSA) is 72.6 Å². The smallest absolute Gasteiger partial charge is 0.398 e. The molecule has 35 heavy (non-hydrogen) atoms. The van der Waals surface area contributed by atoms with Crippen molar-refractivity contribution >= 4 is 18.4 Å². The normalized spacial score (nSPS) is 11.9. The zero-order chi connectivity index (χ0) is 26.9. The Hall–Kier alpha value is -2.94. The summed E-state index contributed by atoms with van der Waals surface area (Å²) >= 11 is 0. The number of carbonyl (C=O) groups excluding carboxylic acids is 2. The molecule has 0 atom stereocenters. The van der Waals surface area contributed by atoms with Crippen molar-refractivity contribution in [3.63, 3.8) is 0 Å². The Labute approximate surface area is 205 Å². The first-order chi connectivity index (χ1) is 16.7. The average Bonchev–Trinajstić information content (AvgIpc) is 2.84. The number of nitrogens with zero attached hydrogens (tertiary/aromatic N) is 1. The highest BCUT2D eigenvalue weighted by molar-refractivity contribution is 5.56. The van der Waals surface area contributed by atoms with Crippen LogP contribution in [0.2, 0.25) is 0 Å². The van der Waals surface area contributed by atoms with Gasteiger partial charge in [-0.3, -0.25) is 4.79 Å². The predicted molar refractivity (Wildman–Crippen MR) is 130 cm³/mol. The van der Waals surface area contributed by atoms with Crippen LogP contribution in [0.25, 0.3) is 0 Å². The van der Waals surface area contributed by atoms with Gasteiger partial charge in [-0.2, -0.15) is 13.2 Å². The standard InChI is InChI=1S/C10H12N2O.C9H6F4O.C5H12O.C2H6/c11-10-3-1-2-8-6-12(7-13)5-4-9(8)10;10-8-5-6(3-4-14)1-2-7(8)9(11,12)13;1-3-4-5-6-2;1-2/h1-3,7H,4-6,11H2;1-2,4-5H,3H2;3-5H2,1-2H3;1-2H3. The molecule has 0 aromatic heterocycles. The highest BCUT2D eigenvalue weighted by atomic mass is 19.4. The summed E-state index contributed by atoms with van der Waals surface area (Å²) in [6.07, 6.45) is -0.0852. The van der Waals surface area contributed by atoms with Gasteiger partial charge in [-0.1, -0.05) is 45.4 Å². The lowest BCUT2D eigenvalue weighted by Gasteiger charge is -2.26. The number of nitrogens with two attached hydrogens (primary N) is 1. The Bertz CT molecular complexity index is 885. The van der Waals surface area contributed by atoms with Gasteiger partial charge in [-0.25, -0.2) is 4.39 Å². The molecule has 0 saturated carbocycles. The number of aldehydes is 1. The first kappa shape index (κ1) is 32.1. The van der Waals surface area contributed by atoms with E-state index in [4.69, 9.17) is 10.5 Å². The van der Waals surface area contributed by atoms with Gasteiger partial charge in [0.15, 0.2) is 0 Å². The zero-order valence-corrected chi connectivity index (χ0v) is 20.8. The van der Waals surface area contributed by atoms with E-state index in [0.29, 0.717) is 18.9 Å². The molecular formula is C26H36F4N2O3. The number of benzene rings is 2. The van der Waals surface area contributed by atoms with Gasteiger partial charge in [-0.15, -0.1) is 0 Å². The van der Waals surface area contributed by atoms with E-state index in [-0.39, 0.29) is 12.0 Å². The number of methoxy groups -OCH3 is 1. The minimum absolute atomic E-state index is 0.0882. The van der Waals surface area contributed by atoms with Gasteiger partial charge in [-0.05, 0) is 47.7 Å². The van der Waals surface area contributed by atoms with Crippen molar-refractivity contribution in [3.05, 3.63) is 64.5 Å². The monoisotopic (exact) mass is 500 g/mol. The fourth-order valence-corrected chi connectivity index (χ4v) is 3.05. The average molecular weight is 501 g/mol. The minimum atomic E-state index is -4.69. The van der Waals surface area contributed by atoms with E-state index in [1.54, 1.807) is 12.0 Å². The van der Waals surface area contributed by atoms with Crippen molar-refractivity contribution in [2.24, 2.45) is 0 Å². The third-order valence-corrected chi connectivity index (χ3v) is 4.84. The van der Waals surface area contributed by atoms with E-state index in [1.165, 1.54) is 24.0 Å². The Kier molecular flexibility index (Phi) is 16.0. The number of rotatable bonds is 6. The van der Waals surface area contributed by atoms with Crippen LogP contribution in [0.4, 0.5) is 23.2 Å². The van der Waals surface area contributed by atoms with Crippen molar-refractivity contribution in [1.29, 1.82) is 0 Å². The van der Waals surface area contributed by atoms with E-state index in [0.717, 1.165) is 43.8 Å². The number of hydrogen-bond acceptors (Lipinski definition) is 4. The molecule has 3 rings (SSSR count). The molecule has 0 spiro atoms. The Balaban J connectivity index is 0.000000512. The molecule has 5 nitrogen and oxygen atoms in total. The highest BCUT2D eigenvalue weighted by Gasteiger charge is 2.33. The molecule has 1 aliphatic rings. The number of amides is 1. The van der Waals surface area contributed by atoms with Crippen LogP contribution in [-0.4, -0.2) is 37.9 Å². The van der Waals surface area contributed by atoms with Crippen LogP contribution in [0, 0.1) is 5.82 Å². The van der Waals surface area contributed by atoms with E-state index in [9.17, 15) is 27.2 Å². The minimum Gasteiger partial charge on any atom is -0.398 e. The van der Waals surface area contributed by atoms with Gasteiger partial charge in [0.25, 0.3) is 0 Å². The molecule has 2 aromatic rings. The Morgan fingerprint density at radius 3 is 2.31 bits per heavy atom. The second-order valence-corrected chi connectivity index (χ2v) is 7.34. The number of carbonyl (C=O) groups is 2. The molecule has 1 amide bonds. The third-order valence-electron chi connectivity index (χ3n) is 4.84. The van der Waals surface area contributed by atoms with E-state index in [2.05, 4.69) is 6.92 Å². The van der Waals surface area contributed by atoms with E-state index < -0.39 is 17.6 Å². The summed E-state index contributed by atoms with van der Waals surface area (Å²) in [5.41, 5.74) is 7.97. The number of hydrogen-bond donors (Lipinski definition) is 1. The number of anilines is 1.